The molecular weight excluding hydrogens is 444 g/mol. The van der Waals surface area contributed by atoms with E-state index >= 15 is 0 Å². The minimum atomic E-state index is -0.916. The summed E-state index contributed by atoms with van der Waals surface area (Å²) in [5.41, 5.74) is 4.80. The van der Waals surface area contributed by atoms with Gasteiger partial charge < -0.3 is 15.2 Å². The van der Waals surface area contributed by atoms with E-state index in [0.29, 0.717) is 30.3 Å². The molecule has 0 radical (unpaired) electrons. The molecule has 0 amide bonds. The first-order valence-electron chi connectivity index (χ1n) is 11.8. The molecule has 180 valence electrons. The quantitative estimate of drug-likeness (QED) is 0.398. The lowest BCUT2D eigenvalue weighted by Crippen LogP contribution is -2.22. The van der Waals surface area contributed by atoms with Gasteiger partial charge in [-0.25, -0.2) is 9.97 Å². The summed E-state index contributed by atoms with van der Waals surface area (Å²) in [6.45, 7) is 5.52. The number of rotatable bonds is 8. The van der Waals surface area contributed by atoms with Crippen LogP contribution in [0.25, 0.3) is 10.9 Å². The Morgan fingerprint density at radius 3 is 2.86 bits per heavy atom. The predicted molar refractivity (Wildman–Crippen MR) is 132 cm³/mol. The van der Waals surface area contributed by atoms with Crippen molar-refractivity contribution >= 4 is 22.6 Å². The number of aromatic nitrogens is 5. The molecule has 1 aromatic carbocycles. The van der Waals surface area contributed by atoms with Gasteiger partial charge in [-0.1, -0.05) is 6.92 Å². The van der Waals surface area contributed by atoms with Crippen LogP contribution in [0.2, 0.25) is 0 Å². The SMILES string of the molecule is Cc1ncc([C@@H](CC(=O)O)n2ncc3cc(OCCc4ccc5c(n4)C[C@@H](C)CN5)ccc32)cn1. The summed E-state index contributed by atoms with van der Waals surface area (Å²) in [5, 5.41) is 18.3. The molecule has 4 aromatic rings. The summed E-state index contributed by atoms with van der Waals surface area (Å²) in [5.74, 6) is 1.04. The lowest BCUT2D eigenvalue weighted by molar-refractivity contribution is -0.137. The molecule has 1 aliphatic heterocycles. The molecule has 2 N–H and O–H groups in total. The predicted octanol–water partition coefficient (Wildman–Crippen LogP) is 3.82. The van der Waals surface area contributed by atoms with Crippen molar-refractivity contribution in [3.63, 3.8) is 0 Å². The molecular formula is C26H28N6O3. The minimum absolute atomic E-state index is 0.121. The maximum atomic E-state index is 11.6. The van der Waals surface area contributed by atoms with Crippen LogP contribution >= 0.6 is 0 Å². The molecule has 1 aliphatic rings. The zero-order valence-corrected chi connectivity index (χ0v) is 19.8. The van der Waals surface area contributed by atoms with Crippen molar-refractivity contribution in [2.24, 2.45) is 5.92 Å². The molecule has 0 saturated heterocycles. The van der Waals surface area contributed by atoms with Gasteiger partial charge in [-0.3, -0.25) is 14.5 Å². The number of aliphatic carboxylic acids is 1. The topological polar surface area (TPSA) is 115 Å². The Hall–Kier alpha value is -4.01. The highest BCUT2D eigenvalue weighted by molar-refractivity contribution is 5.81. The van der Waals surface area contributed by atoms with Crippen LogP contribution in [-0.2, 0) is 17.6 Å². The fourth-order valence-corrected chi connectivity index (χ4v) is 4.42. The Balaban J connectivity index is 1.29. The number of carboxylic acids is 1. The highest BCUT2D eigenvalue weighted by Gasteiger charge is 2.21. The maximum Gasteiger partial charge on any atom is 0.305 e. The number of hydrogen-bond donors (Lipinski definition) is 2. The van der Waals surface area contributed by atoms with Gasteiger partial charge in [0.25, 0.3) is 0 Å². The van der Waals surface area contributed by atoms with E-state index in [1.165, 1.54) is 0 Å². The number of aryl methyl sites for hydroxylation is 1. The van der Waals surface area contributed by atoms with Gasteiger partial charge in [0.2, 0.25) is 0 Å². The first kappa shape index (κ1) is 22.8. The summed E-state index contributed by atoms with van der Waals surface area (Å²) in [6.07, 6.45) is 6.63. The molecule has 4 heterocycles. The fourth-order valence-electron chi connectivity index (χ4n) is 4.42. The van der Waals surface area contributed by atoms with Gasteiger partial charge in [-0.2, -0.15) is 5.10 Å². The van der Waals surface area contributed by atoms with Crippen LogP contribution in [0, 0.1) is 12.8 Å². The zero-order valence-electron chi connectivity index (χ0n) is 19.8. The third kappa shape index (κ3) is 5.08. The molecule has 0 fully saturated rings. The van der Waals surface area contributed by atoms with Gasteiger partial charge in [-0.05, 0) is 49.6 Å². The Morgan fingerprint density at radius 2 is 2.06 bits per heavy atom. The van der Waals surface area contributed by atoms with Crippen molar-refractivity contribution < 1.29 is 14.6 Å². The smallest absolute Gasteiger partial charge is 0.305 e. The Morgan fingerprint density at radius 1 is 1.23 bits per heavy atom. The fraction of sp³-hybridized carbons (Fsp3) is 0.346. The van der Waals surface area contributed by atoms with E-state index in [-0.39, 0.29) is 6.42 Å². The van der Waals surface area contributed by atoms with Crippen molar-refractivity contribution in [3.05, 3.63) is 71.7 Å². The van der Waals surface area contributed by atoms with Crippen molar-refractivity contribution in [2.45, 2.75) is 39.2 Å². The second-order valence-electron chi connectivity index (χ2n) is 9.07. The van der Waals surface area contributed by atoms with Crippen LogP contribution in [0.3, 0.4) is 0 Å². The number of pyridine rings is 1. The van der Waals surface area contributed by atoms with Crippen molar-refractivity contribution in [2.75, 3.05) is 18.5 Å². The molecule has 0 spiro atoms. The average Bonchev–Trinajstić information content (AvgIpc) is 3.26. The standard InChI is InChI=1S/C26H28N6O3/c1-16-9-23-22(29-12-16)5-3-20(31-23)7-8-35-21-4-6-24-18(10-21)15-30-32(24)25(11-26(33)34)19-13-27-17(2)28-14-19/h3-6,10,13-16,25,29H,7-9,11-12H2,1-2H3,(H,33,34)/t16-,25-/m1/s1. The number of carbonyl (C=O) groups is 1. The maximum absolute atomic E-state index is 11.6. The molecule has 0 bridgehead atoms. The summed E-state index contributed by atoms with van der Waals surface area (Å²) in [7, 11) is 0. The number of nitrogens with zero attached hydrogens (tertiary/aromatic N) is 5. The monoisotopic (exact) mass is 472 g/mol. The summed E-state index contributed by atoms with van der Waals surface area (Å²) in [4.78, 5) is 24.8. The van der Waals surface area contributed by atoms with Gasteiger partial charge in [-0.15, -0.1) is 0 Å². The normalized spacial score (nSPS) is 15.9. The van der Waals surface area contributed by atoms with Crippen molar-refractivity contribution in [1.82, 2.24) is 24.7 Å². The van der Waals surface area contributed by atoms with Crippen LogP contribution < -0.4 is 10.1 Å². The zero-order chi connectivity index (χ0) is 24.4. The Kier molecular flexibility index (Phi) is 6.31. The second-order valence-corrected chi connectivity index (χ2v) is 9.07. The molecule has 0 unspecified atom stereocenters. The van der Waals surface area contributed by atoms with Crippen LogP contribution in [0.1, 0.15) is 42.2 Å². The van der Waals surface area contributed by atoms with E-state index in [9.17, 15) is 9.90 Å². The van der Waals surface area contributed by atoms with E-state index in [1.807, 2.05) is 18.2 Å². The number of anilines is 1. The van der Waals surface area contributed by atoms with Gasteiger partial charge in [0.15, 0.2) is 0 Å². The third-order valence-electron chi connectivity index (χ3n) is 6.26. The average molecular weight is 473 g/mol. The number of benzene rings is 1. The first-order valence-corrected chi connectivity index (χ1v) is 11.8. The lowest BCUT2D eigenvalue weighted by Gasteiger charge is -2.22. The number of carboxylic acid groups (broad SMARTS) is 1. The van der Waals surface area contributed by atoms with Crippen LogP contribution in [-0.4, -0.2) is 49.0 Å². The molecule has 0 saturated carbocycles. The van der Waals surface area contributed by atoms with Gasteiger partial charge >= 0.3 is 5.97 Å². The molecule has 9 nitrogen and oxygen atoms in total. The van der Waals surface area contributed by atoms with Gasteiger partial charge in [0.05, 0.1) is 42.2 Å². The minimum Gasteiger partial charge on any atom is -0.493 e. The highest BCUT2D eigenvalue weighted by atomic mass is 16.5. The van der Waals surface area contributed by atoms with Crippen LogP contribution in [0.15, 0.2) is 48.9 Å². The number of nitrogens with one attached hydrogen (secondary N) is 1. The molecule has 0 aliphatic carbocycles. The number of hydrogen-bond acceptors (Lipinski definition) is 7. The molecule has 9 heteroatoms. The van der Waals surface area contributed by atoms with E-state index in [2.05, 4.69) is 39.4 Å². The Labute approximate surface area is 203 Å². The van der Waals surface area contributed by atoms with Gasteiger partial charge in [0.1, 0.15) is 11.6 Å². The summed E-state index contributed by atoms with van der Waals surface area (Å²) >= 11 is 0. The summed E-state index contributed by atoms with van der Waals surface area (Å²) < 4.78 is 7.72. The number of ether oxygens (including phenoxy) is 1. The van der Waals surface area contributed by atoms with E-state index < -0.39 is 12.0 Å². The van der Waals surface area contributed by atoms with Crippen molar-refractivity contribution in [1.29, 1.82) is 0 Å². The molecule has 3 aromatic heterocycles. The molecule has 35 heavy (non-hydrogen) atoms. The lowest BCUT2D eigenvalue weighted by atomic mass is 9.99. The molecule has 5 rings (SSSR count). The Bertz CT molecular complexity index is 1350. The highest BCUT2D eigenvalue weighted by Crippen LogP contribution is 2.28. The largest absolute Gasteiger partial charge is 0.493 e. The van der Waals surface area contributed by atoms with Gasteiger partial charge in [0, 0.05) is 42.0 Å². The van der Waals surface area contributed by atoms with E-state index in [1.54, 1.807) is 30.2 Å². The molecule has 2 atom stereocenters. The van der Waals surface area contributed by atoms with E-state index in [0.717, 1.165) is 46.7 Å². The number of fused-ring (bicyclic) bond motifs is 2. The summed E-state index contributed by atoms with van der Waals surface area (Å²) in [6, 6.07) is 9.37. The van der Waals surface area contributed by atoms with E-state index in [4.69, 9.17) is 9.72 Å². The third-order valence-corrected chi connectivity index (χ3v) is 6.26. The van der Waals surface area contributed by atoms with Crippen molar-refractivity contribution in [3.8, 4) is 5.75 Å². The van der Waals surface area contributed by atoms with Crippen LogP contribution in [0.5, 0.6) is 5.75 Å². The van der Waals surface area contributed by atoms with Crippen LogP contribution in [0.4, 0.5) is 5.69 Å². The first-order chi connectivity index (χ1) is 17.0. The second kappa shape index (κ2) is 9.69.